The van der Waals surface area contributed by atoms with Gasteiger partial charge in [-0.1, -0.05) is 0 Å². The van der Waals surface area contributed by atoms with Crippen molar-refractivity contribution in [1.82, 2.24) is 10.2 Å². The van der Waals surface area contributed by atoms with Crippen LogP contribution in [0.5, 0.6) is 0 Å². The molecular weight excluding hydrogens is 241 g/mol. The molecule has 5 heteroatoms. The van der Waals surface area contributed by atoms with Crippen LogP contribution in [0.15, 0.2) is 0 Å². The molecule has 1 N–H and O–H groups in total. The predicted molar refractivity (Wildman–Crippen MR) is 65.4 cm³/mol. The van der Waals surface area contributed by atoms with Crippen LogP contribution in [0.3, 0.4) is 0 Å². The highest BCUT2D eigenvalue weighted by Gasteiger charge is 2.42. The fraction of sp³-hybridized carbons (Fsp3) is 1.00. The van der Waals surface area contributed by atoms with Gasteiger partial charge in [0.2, 0.25) is 0 Å². The van der Waals surface area contributed by atoms with Crippen LogP contribution in [0.2, 0.25) is 0 Å². The number of hydrogen-bond acceptors (Lipinski definition) is 2. The van der Waals surface area contributed by atoms with Gasteiger partial charge in [0.05, 0.1) is 5.92 Å². The van der Waals surface area contributed by atoms with E-state index in [9.17, 15) is 13.2 Å². The van der Waals surface area contributed by atoms with Crippen molar-refractivity contribution in [3.8, 4) is 0 Å². The molecule has 2 unspecified atom stereocenters. The average Bonchev–Trinajstić information content (AvgIpc) is 2.27. The molecular formula is C13H23F3N2. The molecule has 0 aromatic carbocycles. The summed E-state index contributed by atoms with van der Waals surface area (Å²) in [6.07, 6.45) is -1.98. The predicted octanol–water partition coefficient (Wildman–Crippen LogP) is 2.79. The molecule has 1 saturated carbocycles. The largest absolute Gasteiger partial charge is 0.391 e. The maximum absolute atomic E-state index is 12.6. The first-order valence-corrected chi connectivity index (χ1v) is 6.93. The fourth-order valence-electron chi connectivity index (χ4n) is 3.44. The quantitative estimate of drug-likeness (QED) is 0.783. The zero-order valence-electron chi connectivity index (χ0n) is 11.1. The number of piperazine rings is 1. The number of hydrogen-bond donors (Lipinski definition) is 1. The summed E-state index contributed by atoms with van der Waals surface area (Å²) in [7, 11) is 0. The fourth-order valence-corrected chi connectivity index (χ4v) is 3.44. The van der Waals surface area contributed by atoms with Crippen LogP contribution in [0.1, 0.15) is 39.5 Å². The molecule has 1 heterocycles. The smallest absolute Gasteiger partial charge is 0.309 e. The van der Waals surface area contributed by atoms with Crippen molar-refractivity contribution in [2.45, 2.75) is 63.8 Å². The third kappa shape index (κ3) is 3.38. The van der Waals surface area contributed by atoms with E-state index in [4.69, 9.17) is 0 Å². The monoisotopic (exact) mass is 264 g/mol. The van der Waals surface area contributed by atoms with E-state index in [0.717, 1.165) is 13.1 Å². The van der Waals surface area contributed by atoms with Gasteiger partial charge in [0.1, 0.15) is 0 Å². The summed E-state index contributed by atoms with van der Waals surface area (Å²) in [6.45, 7) is 6.21. The van der Waals surface area contributed by atoms with Gasteiger partial charge < -0.3 is 5.32 Å². The molecule has 1 aliphatic heterocycles. The third-order valence-electron chi connectivity index (χ3n) is 4.26. The lowest BCUT2D eigenvalue weighted by molar-refractivity contribution is -0.184. The molecule has 1 saturated heterocycles. The Bertz CT molecular complexity index is 262. The summed E-state index contributed by atoms with van der Waals surface area (Å²) < 4.78 is 37.8. The molecule has 2 atom stereocenters. The summed E-state index contributed by atoms with van der Waals surface area (Å²) in [5, 5.41) is 3.46. The van der Waals surface area contributed by atoms with Crippen molar-refractivity contribution in [2.75, 3.05) is 13.1 Å². The highest BCUT2D eigenvalue weighted by Crippen LogP contribution is 2.38. The van der Waals surface area contributed by atoms with Gasteiger partial charge in [0, 0.05) is 31.2 Å². The van der Waals surface area contributed by atoms with Crippen molar-refractivity contribution in [1.29, 1.82) is 0 Å². The summed E-state index contributed by atoms with van der Waals surface area (Å²) in [4.78, 5) is 2.39. The lowest BCUT2D eigenvalue weighted by Crippen LogP contribution is -2.57. The Morgan fingerprint density at radius 2 is 1.44 bits per heavy atom. The number of nitrogens with zero attached hydrogens (tertiary/aromatic N) is 1. The third-order valence-corrected chi connectivity index (χ3v) is 4.26. The first kappa shape index (κ1) is 14.1. The Morgan fingerprint density at radius 3 is 1.89 bits per heavy atom. The van der Waals surface area contributed by atoms with E-state index in [0.29, 0.717) is 43.8 Å². The van der Waals surface area contributed by atoms with E-state index in [-0.39, 0.29) is 0 Å². The highest BCUT2D eigenvalue weighted by molar-refractivity contribution is 4.88. The molecule has 2 aliphatic rings. The minimum Gasteiger partial charge on any atom is -0.309 e. The van der Waals surface area contributed by atoms with Gasteiger partial charge in [0.15, 0.2) is 0 Å². The minimum atomic E-state index is -3.99. The number of nitrogens with one attached hydrogen (secondary N) is 1. The molecule has 2 rings (SSSR count). The highest BCUT2D eigenvalue weighted by atomic mass is 19.4. The zero-order valence-corrected chi connectivity index (χ0v) is 11.1. The first-order chi connectivity index (χ1) is 8.36. The lowest BCUT2D eigenvalue weighted by atomic mass is 9.84. The Labute approximate surface area is 107 Å². The van der Waals surface area contributed by atoms with Crippen molar-refractivity contribution < 1.29 is 13.2 Å². The topological polar surface area (TPSA) is 15.3 Å². The van der Waals surface area contributed by atoms with E-state index in [1.807, 2.05) is 0 Å². The van der Waals surface area contributed by atoms with Gasteiger partial charge >= 0.3 is 6.18 Å². The Morgan fingerprint density at radius 1 is 0.944 bits per heavy atom. The summed E-state index contributed by atoms with van der Waals surface area (Å²) in [5.41, 5.74) is 0. The van der Waals surface area contributed by atoms with Gasteiger partial charge in [-0.2, -0.15) is 13.2 Å². The van der Waals surface area contributed by atoms with Crippen molar-refractivity contribution >= 4 is 0 Å². The van der Waals surface area contributed by atoms with Crippen molar-refractivity contribution in [2.24, 2.45) is 5.92 Å². The van der Waals surface area contributed by atoms with Gasteiger partial charge in [-0.15, -0.1) is 0 Å². The van der Waals surface area contributed by atoms with Crippen molar-refractivity contribution in [3.05, 3.63) is 0 Å². The van der Waals surface area contributed by atoms with Crippen molar-refractivity contribution in [3.63, 3.8) is 0 Å². The van der Waals surface area contributed by atoms with Crippen LogP contribution < -0.4 is 5.32 Å². The van der Waals surface area contributed by atoms with Crippen LogP contribution in [0, 0.1) is 5.92 Å². The summed E-state index contributed by atoms with van der Waals surface area (Å²) in [6, 6.07) is 1.23. The molecule has 106 valence electrons. The van der Waals surface area contributed by atoms with E-state index in [2.05, 4.69) is 24.1 Å². The Hall–Kier alpha value is -0.290. The minimum absolute atomic E-state index is 0.306. The van der Waals surface area contributed by atoms with Gasteiger partial charge in [-0.25, -0.2) is 0 Å². The Kier molecular flexibility index (Phi) is 4.22. The first-order valence-electron chi connectivity index (χ1n) is 6.93. The zero-order chi connectivity index (χ0) is 13.3. The van der Waals surface area contributed by atoms with Gasteiger partial charge in [0.25, 0.3) is 0 Å². The van der Waals surface area contributed by atoms with Crippen LogP contribution in [-0.4, -0.2) is 42.3 Å². The molecule has 0 aromatic heterocycles. The normalized spacial score (nSPS) is 39.8. The Balaban J connectivity index is 1.86. The van der Waals surface area contributed by atoms with Crippen LogP contribution in [-0.2, 0) is 0 Å². The summed E-state index contributed by atoms with van der Waals surface area (Å²) >= 11 is 0. The molecule has 1 aliphatic carbocycles. The lowest BCUT2D eigenvalue weighted by Gasteiger charge is -2.43. The van der Waals surface area contributed by atoms with E-state index in [1.165, 1.54) is 0 Å². The second-order valence-electron chi connectivity index (χ2n) is 5.97. The standard InChI is InChI=1S/C13H23F3N2/c1-9-7-18(8-10(2)17-9)12-5-3-11(4-6-12)13(14,15)16/h9-12,17H,3-8H2,1-2H3. The van der Waals surface area contributed by atoms with Gasteiger partial charge in [-0.05, 0) is 39.5 Å². The number of halogens is 3. The van der Waals surface area contributed by atoms with Gasteiger partial charge in [-0.3, -0.25) is 4.90 Å². The molecule has 0 bridgehead atoms. The molecule has 2 fully saturated rings. The van der Waals surface area contributed by atoms with E-state index < -0.39 is 12.1 Å². The van der Waals surface area contributed by atoms with Crippen LogP contribution in [0.25, 0.3) is 0 Å². The van der Waals surface area contributed by atoms with E-state index >= 15 is 0 Å². The molecule has 0 amide bonds. The van der Waals surface area contributed by atoms with Crippen LogP contribution >= 0.6 is 0 Å². The number of alkyl halides is 3. The molecule has 0 aromatic rings. The summed E-state index contributed by atoms with van der Waals surface area (Å²) in [5.74, 6) is -1.06. The second kappa shape index (κ2) is 5.37. The van der Waals surface area contributed by atoms with E-state index in [1.54, 1.807) is 0 Å². The molecule has 18 heavy (non-hydrogen) atoms. The maximum Gasteiger partial charge on any atom is 0.391 e. The second-order valence-corrected chi connectivity index (χ2v) is 5.97. The molecule has 0 spiro atoms. The average molecular weight is 264 g/mol. The maximum atomic E-state index is 12.6. The number of rotatable bonds is 1. The SMILES string of the molecule is CC1CN(C2CCC(C(F)(F)F)CC2)CC(C)N1. The molecule has 2 nitrogen and oxygen atoms in total. The van der Waals surface area contributed by atoms with Crippen LogP contribution in [0.4, 0.5) is 13.2 Å². The molecule has 0 radical (unpaired) electrons.